The van der Waals surface area contributed by atoms with Gasteiger partial charge in [-0.3, -0.25) is 19.4 Å². The summed E-state index contributed by atoms with van der Waals surface area (Å²) < 4.78 is 46.2. The van der Waals surface area contributed by atoms with E-state index in [1.807, 2.05) is 0 Å². The molecule has 2 unspecified atom stereocenters. The Morgan fingerprint density at radius 2 is 1.91 bits per heavy atom. The molecule has 1 aromatic carbocycles. The summed E-state index contributed by atoms with van der Waals surface area (Å²) in [5.41, 5.74) is -0.245. The Bertz CT molecular complexity index is 1400. The number of esters is 1. The number of ether oxygens (including phenoxy) is 1. The maximum atomic E-state index is 13.6. The van der Waals surface area contributed by atoms with Gasteiger partial charge in [-0.25, -0.2) is 9.97 Å². The number of anilines is 1. The standard InChI is InChI=1S/C30H37BrF3N7O3S/c1-3-44-26(42)6-8-39-9-11-40(12-10-39)25-17-35-23(16-36-25)28(43)38-29-37-27(24(45-29)18-41-7-4-5-19(41)2)20-13-21(30(32,33)34)15-22(31)14-20/h13-17,19,29,37H,3-12,18H2,1-2H3,(H,38,43). The van der Waals surface area contributed by atoms with Gasteiger partial charge >= 0.3 is 12.1 Å². The van der Waals surface area contributed by atoms with Gasteiger partial charge < -0.3 is 20.3 Å². The normalized spacial score (nSPS) is 21.2. The summed E-state index contributed by atoms with van der Waals surface area (Å²) >= 11 is 4.62. The molecule has 5 rings (SSSR count). The van der Waals surface area contributed by atoms with E-state index in [0.717, 1.165) is 49.5 Å². The Morgan fingerprint density at radius 1 is 1.13 bits per heavy atom. The average Bonchev–Trinajstić information content (AvgIpc) is 3.61. The van der Waals surface area contributed by atoms with E-state index in [9.17, 15) is 22.8 Å². The van der Waals surface area contributed by atoms with E-state index in [-0.39, 0.29) is 11.7 Å². The monoisotopic (exact) mass is 711 g/mol. The molecule has 2 atom stereocenters. The third kappa shape index (κ3) is 8.69. The molecule has 0 bridgehead atoms. The Hall–Kier alpha value is -2.88. The molecule has 2 aromatic rings. The SMILES string of the molecule is CCOC(=O)CCN1CCN(c2cnc(C(=O)NC3NC(c4cc(Br)cc(C(F)(F)F)c4)=C(CN4CCCC4C)S3)cn2)CC1. The molecule has 2 saturated heterocycles. The summed E-state index contributed by atoms with van der Waals surface area (Å²) in [6.07, 6.45) is 1.00. The van der Waals surface area contributed by atoms with Gasteiger partial charge in [0.1, 0.15) is 11.5 Å². The molecule has 15 heteroatoms. The fourth-order valence-corrected chi connectivity index (χ4v) is 7.31. The summed E-state index contributed by atoms with van der Waals surface area (Å²) in [5, 5.41) is 6.17. The lowest BCUT2D eigenvalue weighted by molar-refractivity contribution is -0.143. The summed E-state index contributed by atoms with van der Waals surface area (Å²) in [5.74, 6) is 0.0215. The van der Waals surface area contributed by atoms with Gasteiger partial charge in [0.05, 0.1) is 36.7 Å². The quantitative estimate of drug-likeness (QED) is 0.342. The van der Waals surface area contributed by atoms with Crippen LogP contribution in [0.1, 0.15) is 54.7 Å². The minimum absolute atomic E-state index is 0.138. The highest BCUT2D eigenvalue weighted by molar-refractivity contribution is 9.10. The highest BCUT2D eigenvalue weighted by atomic mass is 79.9. The van der Waals surface area contributed by atoms with E-state index in [0.29, 0.717) is 66.8 Å². The number of benzene rings is 1. The smallest absolute Gasteiger partial charge is 0.416 e. The van der Waals surface area contributed by atoms with Crippen molar-refractivity contribution in [3.8, 4) is 0 Å². The number of thioether (sulfide) groups is 1. The first-order valence-electron chi connectivity index (χ1n) is 15.0. The van der Waals surface area contributed by atoms with Gasteiger partial charge in [-0.05, 0) is 51.4 Å². The van der Waals surface area contributed by atoms with E-state index in [4.69, 9.17) is 4.74 Å². The van der Waals surface area contributed by atoms with Crippen LogP contribution in [0.3, 0.4) is 0 Å². The molecule has 0 spiro atoms. The van der Waals surface area contributed by atoms with E-state index < -0.39 is 23.1 Å². The van der Waals surface area contributed by atoms with Crippen molar-refractivity contribution in [2.75, 3.05) is 57.3 Å². The van der Waals surface area contributed by atoms with Crippen molar-refractivity contribution in [2.45, 2.75) is 50.8 Å². The zero-order valence-electron chi connectivity index (χ0n) is 25.2. The second kappa shape index (κ2) is 14.7. The Kier molecular flexibility index (Phi) is 10.9. The molecular formula is C30H37BrF3N7O3S. The molecule has 1 amide bonds. The predicted molar refractivity (Wildman–Crippen MR) is 170 cm³/mol. The number of hydrogen-bond acceptors (Lipinski definition) is 10. The molecule has 1 aromatic heterocycles. The Balaban J connectivity index is 1.21. The first kappa shape index (κ1) is 33.5. The molecule has 244 valence electrons. The number of carbonyl (C=O) groups excluding carboxylic acids is 2. The van der Waals surface area contributed by atoms with Crippen molar-refractivity contribution in [2.24, 2.45) is 0 Å². The van der Waals surface area contributed by atoms with Crippen molar-refractivity contribution in [1.82, 2.24) is 30.4 Å². The lowest BCUT2D eigenvalue weighted by Crippen LogP contribution is -2.47. The van der Waals surface area contributed by atoms with Gasteiger partial charge in [0.2, 0.25) is 0 Å². The largest absolute Gasteiger partial charge is 0.466 e. The van der Waals surface area contributed by atoms with Crippen LogP contribution in [0.4, 0.5) is 19.0 Å². The first-order valence-corrected chi connectivity index (χ1v) is 16.7. The maximum absolute atomic E-state index is 13.6. The lowest BCUT2D eigenvalue weighted by Gasteiger charge is -2.35. The van der Waals surface area contributed by atoms with Crippen LogP contribution in [0.2, 0.25) is 0 Å². The zero-order chi connectivity index (χ0) is 32.1. The molecule has 10 nitrogen and oxygen atoms in total. The minimum atomic E-state index is -4.50. The summed E-state index contributed by atoms with van der Waals surface area (Å²) in [6.45, 7) is 9.40. The number of carbonyl (C=O) groups is 2. The van der Waals surface area contributed by atoms with Gasteiger partial charge in [-0.15, -0.1) is 0 Å². The molecule has 2 fully saturated rings. The third-order valence-corrected chi connectivity index (χ3v) is 9.68. The van der Waals surface area contributed by atoms with E-state index >= 15 is 0 Å². The molecule has 4 heterocycles. The van der Waals surface area contributed by atoms with Crippen LogP contribution in [0.25, 0.3) is 5.70 Å². The van der Waals surface area contributed by atoms with Crippen LogP contribution in [0.15, 0.2) is 40.0 Å². The second-order valence-electron chi connectivity index (χ2n) is 11.2. The number of likely N-dealkylation sites (tertiary alicyclic amines) is 1. The fourth-order valence-electron chi connectivity index (χ4n) is 5.66. The van der Waals surface area contributed by atoms with Gasteiger partial charge in [-0.1, -0.05) is 27.7 Å². The number of halogens is 4. The predicted octanol–water partition coefficient (Wildman–Crippen LogP) is 4.54. The van der Waals surface area contributed by atoms with Crippen LogP contribution >= 0.6 is 27.7 Å². The van der Waals surface area contributed by atoms with Crippen molar-refractivity contribution < 1.29 is 27.5 Å². The third-order valence-electron chi connectivity index (χ3n) is 8.13. The summed E-state index contributed by atoms with van der Waals surface area (Å²) in [6, 6.07) is 4.21. The van der Waals surface area contributed by atoms with Crippen LogP contribution in [-0.4, -0.2) is 95.6 Å². The molecule has 0 aliphatic carbocycles. The molecule has 0 saturated carbocycles. The molecule has 3 aliphatic rings. The van der Waals surface area contributed by atoms with Crippen LogP contribution in [0, 0.1) is 0 Å². The van der Waals surface area contributed by atoms with E-state index in [1.165, 1.54) is 18.0 Å². The highest BCUT2D eigenvalue weighted by Gasteiger charge is 2.34. The topological polar surface area (TPSA) is 103 Å². The number of hydrogen-bond donors (Lipinski definition) is 2. The van der Waals surface area contributed by atoms with Gasteiger partial charge in [0, 0.05) is 60.3 Å². The number of nitrogens with zero attached hydrogens (tertiary/aromatic N) is 5. The Morgan fingerprint density at radius 3 is 2.56 bits per heavy atom. The fraction of sp³-hybridized carbons (Fsp3) is 0.533. The summed E-state index contributed by atoms with van der Waals surface area (Å²) in [7, 11) is 0. The van der Waals surface area contributed by atoms with E-state index in [2.05, 4.69) is 58.2 Å². The van der Waals surface area contributed by atoms with Gasteiger partial charge in [0.15, 0.2) is 5.50 Å². The van der Waals surface area contributed by atoms with Gasteiger partial charge in [-0.2, -0.15) is 13.2 Å². The molecule has 45 heavy (non-hydrogen) atoms. The van der Waals surface area contributed by atoms with Crippen molar-refractivity contribution in [1.29, 1.82) is 0 Å². The van der Waals surface area contributed by atoms with Crippen molar-refractivity contribution in [3.05, 3.63) is 56.8 Å². The number of nitrogens with one attached hydrogen (secondary N) is 2. The average molecular weight is 713 g/mol. The van der Waals surface area contributed by atoms with Crippen molar-refractivity contribution in [3.63, 3.8) is 0 Å². The first-order chi connectivity index (χ1) is 21.5. The summed E-state index contributed by atoms with van der Waals surface area (Å²) in [4.78, 5) is 41.1. The second-order valence-corrected chi connectivity index (χ2v) is 13.4. The maximum Gasteiger partial charge on any atom is 0.416 e. The number of aromatic nitrogens is 2. The van der Waals surface area contributed by atoms with Crippen molar-refractivity contribution >= 4 is 51.1 Å². The molecule has 0 radical (unpaired) electrons. The molecular weight excluding hydrogens is 675 g/mol. The minimum Gasteiger partial charge on any atom is -0.466 e. The van der Waals surface area contributed by atoms with Gasteiger partial charge in [0.25, 0.3) is 5.91 Å². The Labute approximate surface area is 273 Å². The van der Waals surface area contributed by atoms with Crippen LogP contribution < -0.4 is 15.5 Å². The number of alkyl halides is 3. The molecule has 3 aliphatic heterocycles. The molecule has 2 N–H and O–H groups in total. The van der Waals surface area contributed by atoms with Crippen LogP contribution in [-0.2, 0) is 15.7 Å². The lowest BCUT2D eigenvalue weighted by atomic mass is 10.1. The zero-order valence-corrected chi connectivity index (χ0v) is 27.6. The number of piperazine rings is 1. The number of rotatable bonds is 10. The highest BCUT2D eigenvalue weighted by Crippen LogP contribution is 2.39. The van der Waals surface area contributed by atoms with E-state index in [1.54, 1.807) is 19.2 Å². The van der Waals surface area contributed by atoms with Crippen LogP contribution in [0.5, 0.6) is 0 Å². The number of amides is 1.